The second-order valence-electron chi connectivity index (χ2n) is 7.79. The lowest BCUT2D eigenvalue weighted by Gasteiger charge is -2.22. The summed E-state index contributed by atoms with van der Waals surface area (Å²) in [6.45, 7) is 0. The van der Waals surface area contributed by atoms with E-state index in [9.17, 15) is 9.90 Å². The van der Waals surface area contributed by atoms with Crippen molar-refractivity contribution in [1.29, 1.82) is 0 Å². The molecule has 1 aliphatic carbocycles. The zero-order chi connectivity index (χ0) is 20.8. The number of aliphatic carboxylic acids is 1. The SMILES string of the molecule is COc1cccc2cc(-c3[nH]c(C4CCC(C(=O)O)CC4)[n+]4ncnc(N)c34)[nH]c12. The van der Waals surface area contributed by atoms with Crippen LogP contribution in [-0.4, -0.2) is 38.2 Å². The summed E-state index contributed by atoms with van der Waals surface area (Å²) in [6, 6.07) is 7.92. The van der Waals surface area contributed by atoms with E-state index in [1.165, 1.54) is 6.33 Å². The quantitative estimate of drug-likeness (QED) is 0.384. The smallest absolute Gasteiger partial charge is 0.306 e. The minimum atomic E-state index is -0.711. The first kappa shape index (κ1) is 18.4. The number of fused-ring (bicyclic) bond motifs is 2. The van der Waals surface area contributed by atoms with Crippen LogP contribution in [0, 0.1) is 5.92 Å². The van der Waals surface area contributed by atoms with Gasteiger partial charge in [0.2, 0.25) is 11.2 Å². The number of nitrogen functional groups attached to an aromatic ring is 1. The van der Waals surface area contributed by atoms with Gasteiger partial charge in [-0.15, -0.1) is 0 Å². The van der Waals surface area contributed by atoms with Gasteiger partial charge < -0.3 is 20.6 Å². The molecular weight excluding hydrogens is 384 g/mol. The summed E-state index contributed by atoms with van der Waals surface area (Å²) in [5.41, 5.74) is 9.52. The molecule has 1 saturated carbocycles. The predicted molar refractivity (Wildman–Crippen MR) is 110 cm³/mol. The molecule has 0 spiro atoms. The maximum Gasteiger partial charge on any atom is 0.306 e. The number of nitrogens with zero attached hydrogens (tertiary/aromatic N) is 3. The summed E-state index contributed by atoms with van der Waals surface area (Å²) in [7, 11) is 1.65. The monoisotopic (exact) mass is 407 g/mol. The Morgan fingerprint density at radius 1 is 1.27 bits per heavy atom. The molecule has 3 heterocycles. The predicted octanol–water partition coefficient (Wildman–Crippen LogP) is 2.64. The van der Waals surface area contributed by atoms with E-state index in [0.717, 1.165) is 46.7 Å². The molecular formula is C21H23N6O3+. The Morgan fingerprint density at radius 2 is 2.07 bits per heavy atom. The van der Waals surface area contributed by atoms with Crippen LogP contribution in [0.4, 0.5) is 5.82 Å². The van der Waals surface area contributed by atoms with Gasteiger partial charge in [-0.25, -0.2) is 9.97 Å². The number of aromatic nitrogens is 5. The Kier molecular flexibility index (Phi) is 4.30. The molecule has 9 nitrogen and oxygen atoms in total. The van der Waals surface area contributed by atoms with Gasteiger partial charge in [-0.05, 0) is 37.8 Å². The first-order valence-corrected chi connectivity index (χ1v) is 10.00. The third-order valence-corrected chi connectivity index (χ3v) is 6.11. The van der Waals surface area contributed by atoms with Crippen molar-refractivity contribution < 1.29 is 19.2 Å². The lowest BCUT2D eigenvalue weighted by atomic mass is 9.82. The van der Waals surface area contributed by atoms with Crippen molar-refractivity contribution >= 4 is 28.2 Å². The fourth-order valence-electron chi connectivity index (χ4n) is 4.54. The van der Waals surface area contributed by atoms with Crippen LogP contribution in [0.15, 0.2) is 30.6 Å². The molecule has 1 aliphatic rings. The number of aromatic amines is 2. The van der Waals surface area contributed by atoms with Crippen LogP contribution in [0.3, 0.4) is 0 Å². The molecule has 4 aromatic rings. The maximum absolute atomic E-state index is 11.3. The summed E-state index contributed by atoms with van der Waals surface area (Å²) in [5.74, 6) is 1.26. The molecule has 0 bridgehead atoms. The van der Waals surface area contributed by atoms with Crippen molar-refractivity contribution in [1.82, 2.24) is 20.1 Å². The Hall–Kier alpha value is -3.62. The zero-order valence-electron chi connectivity index (χ0n) is 16.6. The van der Waals surface area contributed by atoms with Crippen molar-refractivity contribution in [3.63, 3.8) is 0 Å². The fraction of sp³-hybridized carbons (Fsp3) is 0.333. The molecule has 9 heteroatoms. The molecule has 30 heavy (non-hydrogen) atoms. The fourth-order valence-corrected chi connectivity index (χ4v) is 4.54. The van der Waals surface area contributed by atoms with Crippen LogP contribution in [0.25, 0.3) is 27.8 Å². The number of ether oxygens (including phenoxy) is 1. The number of H-pyrrole nitrogens is 2. The van der Waals surface area contributed by atoms with Gasteiger partial charge in [0, 0.05) is 5.39 Å². The molecule has 0 aliphatic heterocycles. The van der Waals surface area contributed by atoms with Crippen molar-refractivity contribution in [2.45, 2.75) is 31.6 Å². The van der Waals surface area contributed by atoms with Crippen LogP contribution in [0.1, 0.15) is 37.4 Å². The van der Waals surface area contributed by atoms with E-state index in [0.29, 0.717) is 24.2 Å². The minimum absolute atomic E-state index is 0.176. The van der Waals surface area contributed by atoms with Crippen molar-refractivity contribution in [2.75, 3.05) is 12.8 Å². The number of nitrogens with two attached hydrogens (primary N) is 1. The zero-order valence-corrected chi connectivity index (χ0v) is 16.6. The van der Waals surface area contributed by atoms with Crippen LogP contribution < -0.4 is 15.0 Å². The maximum atomic E-state index is 11.3. The number of rotatable bonds is 4. The molecule has 1 aromatic carbocycles. The average Bonchev–Trinajstić information content (AvgIpc) is 3.36. The highest BCUT2D eigenvalue weighted by atomic mass is 16.5. The molecule has 5 rings (SSSR count). The summed E-state index contributed by atoms with van der Waals surface area (Å²) < 4.78 is 7.29. The molecule has 0 atom stereocenters. The largest absolute Gasteiger partial charge is 0.495 e. The van der Waals surface area contributed by atoms with Crippen molar-refractivity contribution in [3.05, 3.63) is 36.4 Å². The lowest BCUT2D eigenvalue weighted by molar-refractivity contribution is -0.591. The van der Waals surface area contributed by atoms with E-state index in [-0.39, 0.29) is 11.8 Å². The van der Waals surface area contributed by atoms with E-state index in [2.05, 4.69) is 20.1 Å². The van der Waals surface area contributed by atoms with Gasteiger partial charge in [-0.2, -0.15) is 0 Å². The van der Waals surface area contributed by atoms with E-state index < -0.39 is 5.97 Å². The van der Waals surface area contributed by atoms with Crippen LogP contribution >= 0.6 is 0 Å². The van der Waals surface area contributed by atoms with Gasteiger partial charge in [0.1, 0.15) is 5.75 Å². The number of carboxylic acids is 1. The van der Waals surface area contributed by atoms with E-state index in [1.807, 2.05) is 28.8 Å². The second-order valence-corrected chi connectivity index (χ2v) is 7.79. The van der Waals surface area contributed by atoms with Crippen molar-refractivity contribution in [3.8, 4) is 17.1 Å². The number of hydrogen-bond acceptors (Lipinski definition) is 5. The summed E-state index contributed by atoms with van der Waals surface area (Å²) in [6.07, 6.45) is 4.31. The minimum Gasteiger partial charge on any atom is -0.495 e. The number of nitrogens with one attached hydrogen (secondary N) is 2. The number of carboxylic acid groups (broad SMARTS) is 1. The molecule has 0 amide bonds. The van der Waals surface area contributed by atoms with Gasteiger partial charge in [0.25, 0.3) is 5.82 Å². The van der Waals surface area contributed by atoms with Gasteiger partial charge in [-0.3, -0.25) is 4.79 Å². The van der Waals surface area contributed by atoms with E-state index in [1.54, 1.807) is 7.11 Å². The van der Waals surface area contributed by atoms with Gasteiger partial charge in [0.05, 0.1) is 30.2 Å². The summed E-state index contributed by atoms with van der Waals surface area (Å²) in [5, 5.41) is 14.8. The Labute approximate surface area is 171 Å². The number of anilines is 1. The van der Waals surface area contributed by atoms with Crippen molar-refractivity contribution in [2.24, 2.45) is 5.92 Å². The molecule has 0 radical (unpaired) electrons. The highest BCUT2D eigenvalue weighted by Crippen LogP contribution is 2.37. The average molecular weight is 407 g/mol. The molecule has 154 valence electrons. The number of carbonyl (C=O) groups is 1. The first-order chi connectivity index (χ1) is 14.6. The van der Waals surface area contributed by atoms with Gasteiger partial charge >= 0.3 is 5.97 Å². The summed E-state index contributed by atoms with van der Waals surface area (Å²) >= 11 is 0. The number of methoxy groups -OCH3 is 1. The molecule has 1 fully saturated rings. The molecule has 5 N–H and O–H groups in total. The third-order valence-electron chi connectivity index (χ3n) is 6.11. The van der Waals surface area contributed by atoms with Crippen LogP contribution in [-0.2, 0) is 4.79 Å². The van der Waals surface area contributed by atoms with Gasteiger partial charge in [-0.1, -0.05) is 21.7 Å². The van der Waals surface area contributed by atoms with E-state index >= 15 is 0 Å². The Bertz CT molecular complexity index is 1250. The van der Waals surface area contributed by atoms with Crippen LogP contribution in [0.5, 0.6) is 5.75 Å². The number of para-hydroxylation sites is 1. The second kappa shape index (κ2) is 7.01. The highest BCUT2D eigenvalue weighted by molar-refractivity contribution is 5.92. The topological polar surface area (TPSA) is 134 Å². The van der Waals surface area contributed by atoms with E-state index in [4.69, 9.17) is 10.5 Å². The Balaban J connectivity index is 1.63. The molecule has 0 unspecified atom stereocenters. The number of benzene rings is 1. The molecule has 0 saturated heterocycles. The third kappa shape index (κ3) is 2.85. The molecule has 3 aromatic heterocycles. The highest BCUT2D eigenvalue weighted by Gasteiger charge is 2.35. The number of hydrogen-bond donors (Lipinski definition) is 4. The standard InChI is InChI=1S/C21H22N6O3/c1-30-15-4-2-3-13-9-14(25-16(13)15)17-18-19(22)23-10-24-27(18)20(26-17)11-5-7-12(8-6-11)21(28)29/h2-4,9-12H,5-8H2,1H3,(H4,22,23,24,25,28,29)/p+1. The summed E-state index contributed by atoms with van der Waals surface area (Å²) in [4.78, 5) is 22.5. The van der Waals surface area contributed by atoms with Crippen LogP contribution in [0.2, 0.25) is 0 Å². The Morgan fingerprint density at radius 3 is 2.80 bits per heavy atom. The van der Waals surface area contributed by atoms with Gasteiger partial charge in [0.15, 0.2) is 12.1 Å². The number of imidazole rings is 1. The first-order valence-electron chi connectivity index (χ1n) is 10.00. The normalized spacial score (nSPS) is 19.4. The lowest BCUT2D eigenvalue weighted by Crippen LogP contribution is -2.34.